The van der Waals surface area contributed by atoms with Crippen molar-refractivity contribution in [2.45, 2.75) is 0 Å². The molecule has 0 amide bonds. The molecular weight excluding hydrogens is 274 g/mol. The van der Waals surface area contributed by atoms with Crippen LogP contribution in [0.1, 0.15) is 10.4 Å². The van der Waals surface area contributed by atoms with Gasteiger partial charge in [0, 0.05) is 0 Å². The first-order valence-electron chi connectivity index (χ1n) is 5.27. The average Bonchev–Trinajstić information content (AvgIpc) is 2.36. The predicted molar refractivity (Wildman–Crippen MR) is 67.8 cm³/mol. The van der Waals surface area contributed by atoms with Crippen LogP contribution in [0, 0.1) is 0 Å². The molecule has 0 unspecified atom stereocenters. The van der Waals surface area contributed by atoms with Gasteiger partial charge in [0.25, 0.3) is 0 Å². The molecule has 8 heteroatoms. The molecule has 0 aliphatic rings. The molecule has 0 aromatic heterocycles. The van der Waals surface area contributed by atoms with Crippen LogP contribution in [-0.4, -0.2) is 41.0 Å². The van der Waals surface area contributed by atoms with Crippen LogP contribution in [0.4, 0.5) is 0 Å². The summed E-state index contributed by atoms with van der Waals surface area (Å²) in [6, 6.07) is 4.42. The summed E-state index contributed by atoms with van der Waals surface area (Å²) in [5.74, 6) is -0.194. The molecule has 0 bridgehead atoms. The Morgan fingerprint density at radius 3 is 2.47 bits per heavy atom. The summed E-state index contributed by atoms with van der Waals surface area (Å²) in [5.41, 5.74) is 0.304. The van der Waals surface area contributed by atoms with Crippen LogP contribution in [0.5, 0.6) is 11.5 Å². The number of rotatable bonds is 6. The zero-order chi connectivity index (χ0) is 14.5. The largest absolute Gasteiger partial charge is 0.493 e. The average molecular weight is 289 g/mol. The highest BCUT2D eigenvalue weighted by molar-refractivity contribution is 7.89. The first kappa shape index (κ1) is 15.3. The number of esters is 1. The second-order valence-electron chi connectivity index (χ2n) is 3.57. The van der Waals surface area contributed by atoms with Gasteiger partial charge < -0.3 is 14.2 Å². The lowest BCUT2D eigenvalue weighted by Crippen LogP contribution is -2.21. The number of hydrogen-bond acceptors (Lipinski definition) is 6. The fraction of sp³-hybridized carbons (Fsp3) is 0.364. The zero-order valence-corrected chi connectivity index (χ0v) is 11.4. The third-order valence-corrected chi connectivity index (χ3v) is 2.95. The standard InChI is InChI=1S/C11H15NO6S/c1-16-10-7-8(11(13)17-2)3-4-9(10)18-5-6-19(12,14)15/h3-4,7H,5-6H2,1-2H3,(H2,12,14,15). The van der Waals surface area contributed by atoms with Crippen molar-refractivity contribution in [1.29, 1.82) is 0 Å². The maximum atomic E-state index is 11.3. The molecule has 2 N–H and O–H groups in total. The van der Waals surface area contributed by atoms with Gasteiger partial charge in [-0.05, 0) is 18.2 Å². The Hall–Kier alpha value is -1.80. The molecule has 1 aromatic rings. The van der Waals surface area contributed by atoms with Crippen LogP contribution >= 0.6 is 0 Å². The van der Waals surface area contributed by atoms with Gasteiger partial charge in [0.15, 0.2) is 11.5 Å². The number of primary sulfonamides is 1. The number of nitrogens with two attached hydrogens (primary N) is 1. The van der Waals surface area contributed by atoms with Gasteiger partial charge in [-0.2, -0.15) is 0 Å². The van der Waals surface area contributed by atoms with E-state index in [9.17, 15) is 13.2 Å². The molecule has 19 heavy (non-hydrogen) atoms. The van der Waals surface area contributed by atoms with Crippen LogP contribution in [0.15, 0.2) is 18.2 Å². The summed E-state index contributed by atoms with van der Waals surface area (Å²) in [6.45, 7) is -0.104. The summed E-state index contributed by atoms with van der Waals surface area (Å²) in [6.07, 6.45) is 0. The van der Waals surface area contributed by atoms with Crippen molar-refractivity contribution in [1.82, 2.24) is 0 Å². The van der Waals surface area contributed by atoms with Gasteiger partial charge in [-0.3, -0.25) is 0 Å². The van der Waals surface area contributed by atoms with Gasteiger partial charge >= 0.3 is 5.97 Å². The second-order valence-corrected chi connectivity index (χ2v) is 5.31. The molecule has 0 spiro atoms. The van der Waals surface area contributed by atoms with Gasteiger partial charge in [0.1, 0.15) is 6.61 Å². The van der Waals surface area contributed by atoms with E-state index >= 15 is 0 Å². The van der Waals surface area contributed by atoms with Crippen molar-refractivity contribution in [3.63, 3.8) is 0 Å². The van der Waals surface area contributed by atoms with E-state index in [0.717, 1.165) is 0 Å². The first-order chi connectivity index (χ1) is 8.87. The van der Waals surface area contributed by atoms with Gasteiger partial charge in [-0.1, -0.05) is 0 Å². The van der Waals surface area contributed by atoms with Gasteiger partial charge in [-0.15, -0.1) is 0 Å². The maximum Gasteiger partial charge on any atom is 0.337 e. The predicted octanol–water partition coefficient (Wildman–Crippen LogP) is 0.149. The van der Waals surface area contributed by atoms with E-state index in [1.165, 1.54) is 32.4 Å². The fourth-order valence-electron chi connectivity index (χ4n) is 1.30. The summed E-state index contributed by atoms with van der Waals surface area (Å²) >= 11 is 0. The van der Waals surface area contributed by atoms with Crippen LogP contribution in [0.2, 0.25) is 0 Å². The number of ether oxygens (including phenoxy) is 3. The van der Waals surface area contributed by atoms with Gasteiger partial charge in [0.2, 0.25) is 10.0 Å². The van der Waals surface area contributed by atoms with E-state index in [2.05, 4.69) is 4.74 Å². The smallest absolute Gasteiger partial charge is 0.337 e. The second kappa shape index (κ2) is 6.39. The minimum Gasteiger partial charge on any atom is -0.493 e. The molecule has 1 rings (SSSR count). The molecule has 7 nitrogen and oxygen atoms in total. The third-order valence-electron chi connectivity index (χ3n) is 2.21. The van der Waals surface area contributed by atoms with E-state index < -0.39 is 16.0 Å². The number of methoxy groups -OCH3 is 2. The van der Waals surface area contributed by atoms with Crippen molar-refractivity contribution in [3.8, 4) is 11.5 Å². The number of carbonyl (C=O) groups is 1. The Morgan fingerprint density at radius 2 is 1.95 bits per heavy atom. The lowest BCUT2D eigenvalue weighted by molar-refractivity contribution is 0.0600. The van der Waals surface area contributed by atoms with E-state index in [0.29, 0.717) is 17.1 Å². The molecule has 0 saturated carbocycles. The summed E-state index contributed by atoms with van der Waals surface area (Å²) in [7, 11) is -0.904. The molecule has 1 aromatic carbocycles. The lowest BCUT2D eigenvalue weighted by atomic mass is 10.2. The Balaban J connectivity index is 2.82. The molecule has 0 heterocycles. The quantitative estimate of drug-likeness (QED) is 0.747. The normalized spacial score (nSPS) is 10.9. The third kappa shape index (κ3) is 4.76. The minimum atomic E-state index is -3.58. The molecule has 0 saturated heterocycles. The van der Waals surface area contributed by atoms with Crippen LogP contribution in [0.25, 0.3) is 0 Å². The number of sulfonamides is 1. The number of hydrogen-bond donors (Lipinski definition) is 1. The zero-order valence-electron chi connectivity index (χ0n) is 10.6. The van der Waals surface area contributed by atoms with Gasteiger partial charge in [0.05, 0.1) is 25.5 Å². The molecule has 0 fully saturated rings. The highest BCUT2D eigenvalue weighted by atomic mass is 32.2. The van der Waals surface area contributed by atoms with E-state index in [4.69, 9.17) is 14.6 Å². The first-order valence-corrected chi connectivity index (χ1v) is 6.98. The van der Waals surface area contributed by atoms with Crippen LogP contribution in [0.3, 0.4) is 0 Å². The van der Waals surface area contributed by atoms with Crippen molar-refractivity contribution >= 4 is 16.0 Å². The molecule has 0 radical (unpaired) electrons. The molecule has 106 valence electrons. The highest BCUT2D eigenvalue weighted by Gasteiger charge is 2.12. The topological polar surface area (TPSA) is 105 Å². The fourth-order valence-corrected chi connectivity index (χ4v) is 1.62. The van der Waals surface area contributed by atoms with Crippen LogP contribution < -0.4 is 14.6 Å². The molecule has 0 aliphatic carbocycles. The number of benzene rings is 1. The minimum absolute atomic E-state index is 0.104. The highest BCUT2D eigenvalue weighted by Crippen LogP contribution is 2.28. The molecule has 0 atom stereocenters. The van der Waals surface area contributed by atoms with Crippen LogP contribution in [-0.2, 0) is 14.8 Å². The van der Waals surface area contributed by atoms with E-state index in [1.807, 2.05) is 0 Å². The summed E-state index contributed by atoms with van der Waals surface area (Å²) < 4.78 is 36.4. The Labute approximate surface area is 111 Å². The van der Waals surface area contributed by atoms with E-state index in [-0.39, 0.29) is 12.4 Å². The summed E-state index contributed by atoms with van der Waals surface area (Å²) in [5, 5.41) is 4.85. The van der Waals surface area contributed by atoms with E-state index in [1.54, 1.807) is 0 Å². The lowest BCUT2D eigenvalue weighted by Gasteiger charge is -2.11. The molecular formula is C11H15NO6S. The maximum absolute atomic E-state index is 11.3. The SMILES string of the molecule is COC(=O)c1ccc(OCCS(N)(=O)=O)c(OC)c1. The molecule has 0 aliphatic heterocycles. The Bertz CT molecular complexity index is 554. The Kier molecular flexibility index (Phi) is 5.13. The van der Waals surface area contributed by atoms with Crippen molar-refractivity contribution in [2.75, 3.05) is 26.6 Å². The monoisotopic (exact) mass is 289 g/mol. The summed E-state index contributed by atoms with van der Waals surface area (Å²) in [4.78, 5) is 11.3. The Morgan fingerprint density at radius 1 is 1.26 bits per heavy atom. The van der Waals surface area contributed by atoms with Crippen molar-refractivity contribution in [3.05, 3.63) is 23.8 Å². The van der Waals surface area contributed by atoms with Gasteiger partial charge in [-0.25, -0.2) is 18.4 Å². The number of carbonyl (C=O) groups excluding carboxylic acids is 1. The van der Waals surface area contributed by atoms with Crippen molar-refractivity contribution in [2.24, 2.45) is 5.14 Å². The van der Waals surface area contributed by atoms with Crippen molar-refractivity contribution < 1.29 is 27.4 Å².